The van der Waals surface area contributed by atoms with Crippen molar-refractivity contribution in [1.82, 2.24) is 0 Å². The molecule has 0 aromatic rings. The van der Waals surface area contributed by atoms with E-state index in [1.54, 1.807) is 0 Å². The zero-order chi connectivity index (χ0) is 8.16. The van der Waals surface area contributed by atoms with Gasteiger partial charge in [-0.1, -0.05) is 19.1 Å². The standard InChI is InChI=1S/C10H18O/c1-3-10(11-4-2)8-6-5-7-9-10/h6,8H,3-5,7,9H2,1-2H3. The molecule has 0 saturated carbocycles. The van der Waals surface area contributed by atoms with Crippen LogP contribution in [-0.2, 0) is 4.74 Å². The summed E-state index contributed by atoms with van der Waals surface area (Å²) in [5.74, 6) is 0. The van der Waals surface area contributed by atoms with Crippen LogP contribution in [0.5, 0.6) is 0 Å². The van der Waals surface area contributed by atoms with E-state index in [0.717, 1.165) is 13.0 Å². The maximum absolute atomic E-state index is 5.73. The lowest BCUT2D eigenvalue weighted by molar-refractivity contribution is -0.0142. The van der Waals surface area contributed by atoms with Crippen molar-refractivity contribution in [3.05, 3.63) is 12.2 Å². The van der Waals surface area contributed by atoms with Crippen molar-refractivity contribution in [2.24, 2.45) is 0 Å². The summed E-state index contributed by atoms with van der Waals surface area (Å²) in [6.07, 6.45) is 9.33. The second-order valence-corrected chi connectivity index (χ2v) is 3.15. The summed E-state index contributed by atoms with van der Waals surface area (Å²) in [7, 11) is 0. The van der Waals surface area contributed by atoms with Crippen LogP contribution in [0.2, 0.25) is 0 Å². The van der Waals surface area contributed by atoms with Gasteiger partial charge >= 0.3 is 0 Å². The van der Waals surface area contributed by atoms with Crippen molar-refractivity contribution in [3.63, 3.8) is 0 Å². The van der Waals surface area contributed by atoms with Gasteiger partial charge in [-0.3, -0.25) is 0 Å². The van der Waals surface area contributed by atoms with Crippen LogP contribution in [0, 0.1) is 0 Å². The first-order valence-corrected chi connectivity index (χ1v) is 4.64. The molecule has 0 heterocycles. The van der Waals surface area contributed by atoms with Crippen LogP contribution in [0.1, 0.15) is 39.5 Å². The SMILES string of the molecule is CCOC1(CC)C=CCCC1. The van der Waals surface area contributed by atoms with Gasteiger partial charge in [-0.05, 0) is 32.6 Å². The molecule has 1 unspecified atom stereocenters. The van der Waals surface area contributed by atoms with Crippen molar-refractivity contribution in [2.45, 2.75) is 45.1 Å². The van der Waals surface area contributed by atoms with Crippen molar-refractivity contribution in [2.75, 3.05) is 6.61 Å². The predicted octanol–water partition coefficient (Wildman–Crippen LogP) is 2.91. The summed E-state index contributed by atoms with van der Waals surface area (Å²) >= 11 is 0. The van der Waals surface area contributed by atoms with Crippen LogP contribution in [0.4, 0.5) is 0 Å². The smallest absolute Gasteiger partial charge is 0.0859 e. The average molecular weight is 154 g/mol. The Balaban J connectivity index is 2.57. The lowest BCUT2D eigenvalue weighted by Crippen LogP contribution is -2.30. The van der Waals surface area contributed by atoms with E-state index < -0.39 is 0 Å². The Kier molecular flexibility index (Phi) is 3.13. The van der Waals surface area contributed by atoms with Crippen LogP contribution < -0.4 is 0 Å². The van der Waals surface area contributed by atoms with E-state index in [-0.39, 0.29) is 5.60 Å². The molecule has 1 heteroatoms. The molecule has 1 nitrogen and oxygen atoms in total. The van der Waals surface area contributed by atoms with E-state index in [0.29, 0.717) is 0 Å². The number of ether oxygens (including phenoxy) is 1. The molecular formula is C10H18O. The summed E-state index contributed by atoms with van der Waals surface area (Å²) in [5.41, 5.74) is 0.0903. The number of rotatable bonds is 3. The van der Waals surface area contributed by atoms with Crippen molar-refractivity contribution >= 4 is 0 Å². The lowest BCUT2D eigenvalue weighted by atomic mass is 9.88. The van der Waals surface area contributed by atoms with E-state index in [1.807, 2.05) is 0 Å². The molecular weight excluding hydrogens is 136 g/mol. The van der Waals surface area contributed by atoms with Gasteiger partial charge in [0.05, 0.1) is 5.60 Å². The second kappa shape index (κ2) is 3.91. The average Bonchev–Trinajstić information content (AvgIpc) is 2.07. The Morgan fingerprint density at radius 3 is 2.73 bits per heavy atom. The third-order valence-corrected chi connectivity index (χ3v) is 2.42. The van der Waals surface area contributed by atoms with Crippen LogP contribution in [0.3, 0.4) is 0 Å². The number of hydrogen-bond donors (Lipinski definition) is 0. The fourth-order valence-corrected chi connectivity index (χ4v) is 1.71. The molecule has 1 atom stereocenters. The van der Waals surface area contributed by atoms with Gasteiger partial charge in [0.2, 0.25) is 0 Å². The summed E-state index contributed by atoms with van der Waals surface area (Å²) in [4.78, 5) is 0. The Morgan fingerprint density at radius 2 is 2.27 bits per heavy atom. The first-order valence-electron chi connectivity index (χ1n) is 4.64. The van der Waals surface area contributed by atoms with Crippen LogP contribution in [-0.4, -0.2) is 12.2 Å². The molecule has 0 aromatic carbocycles. The fraction of sp³-hybridized carbons (Fsp3) is 0.800. The van der Waals surface area contributed by atoms with Gasteiger partial charge in [0.1, 0.15) is 0 Å². The highest BCUT2D eigenvalue weighted by molar-refractivity contribution is 5.05. The summed E-state index contributed by atoms with van der Waals surface area (Å²) < 4.78 is 5.73. The monoisotopic (exact) mass is 154 g/mol. The summed E-state index contributed by atoms with van der Waals surface area (Å²) in [6.45, 7) is 5.10. The molecule has 1 aliphatic rings. The van der Waals surface area contributed by atoms with E-state index >= 15 is 0 Å². The minimum atomic E-state index is 0.0903. The third-order valence-electron chi connectivity index (χ3n) is 2.42. The molecule has 0 aromatic heterocycles. The Morgan fingerprint density at radius 1 is 1.45 bits per heavy atom. The molecule has 0 fully saturated rings. The van der Waals surface area contributed by atoms with Gasteiger partial charge in [0.25, 0.3) is 0 Å². The number of allylic oxidation sites excluding steroid dienone is 1. The van der Waals surface area contributed by atoms with Crippen LogP contribution in [0.25, 0.3) is 0 Å². The first-order chi connectivity index (χ1) is 5.33. The van der Waals surface area contributed by atoms with Crippen molar-refractivity contribution in [3.8, 4) is 0 Å². The molecule has 1 rings (SSSR count). The molecule has 64 valence electrons. The first kappa shape index (κ1) is 8.79. The minimum absolute atomic E-state index is 0.0903. The molecule has 11 heavy (non-hydrogen) atoms. The molecule has 0 bridgehead atoms. The molecule has 0 saturated heterocycles. The Hall–Kier alpha value is -0.300. The maximum atomic E-state index is 5.73. The minimum Gasteiger partial charge on any atom is -0.371 e. The second-order valence-electron chi connectivity index (χ2n) is 3.15. The zero-order valence-corrected chi connectivity index (χ0v) is 7.60. The Labute approximate surface area is 69.4 Å². The topological polar surface area (TPSA) is 9.23 Å². The quantitative estimate of drug-likeness (QED) is 0.568. The highest BCUT2D eigenvalue weighted by Gasteiger charge is 2.26. The summed E-state index contributed by atoms with van der Waals surface area (Å²) in [6, 6.07) is 0. The predicted molar refractivity (Wildman–Crippen MR) is 47.6 cm³/mol. The van der Waals surface area contributed by atoms with Gasteiger partial charge in [0, 0.05) is 6.61 Å². The van der Waals surface area contributed by atoms with Gasteiger partial charge < -0.3 is 4.74 Å². The zero-order valence-electron chi connectivity index (χ0n) is 7.60. The van der Waals surface area contributed by atoms with Crippen LogP contribution >= 0.6 is 0 Å². The van der Waals surface area contributed by atoms with E-state index in [2.05, 4.69) is 26.0 Å². The fourth-order valence-electron chi connectivity index (χ4n) is 1.71. The molecule has 0 amide bonds. The van der Waals surface area contributed by atoms with E-state index in [1.165, 1.54) is 19.3 Å². The van der Waals surface area contributed by atoms with Crippen molar-refractivity contribution < 1.29 is 4.74 Å². The van der Waals surface area contributed by atoms with Crippen LogP contribution in [0.15, 0.2) is 12.2 Å². The van der Waals surface area contributed by atoms with Gasteiger partial charge in [-0.15, -0.1) is 0 Å². The normalized spacial score (nSPS) is 30.7. The largest absolute Gasteiger partial charge is 0.371 e. The van der Waals surface area contributed by atoms with Gasteiger partial charge in [-0.25, -0.2) is 0 Å². The van der Waals surface area contributed by atoms with Gasteiger partial charge in [0.15, 0.2) is 0 Å². The van der Waals surface area contributed by atoms with Crippen molar-refractivity contribution in [1.29, 1.82) is 0 Å². The molecule has 0 aliphatic heterocycles. The molecule has 1 aliphatic carbocycles. The van der Waals surface area contributed by atoms with E-state index in [4.69, 9.17) is 4.74 Å². The lowest BCUT2D eigenvalue weighted by Gasteiger charge is -2.31. The number of hydrogen-bond acceptors (Lipinski definition) is 1. The molecule has 0 spiro atoms. The highest BCUT2D eigenvalue weighted by atomic mass is 16.5. The summed E-state index contributed by atoms with van der Waals surface area (Å²) in [5, 5.41) is 0. The van der Waals surface area contributed by atoms with E-state index in [9.17, 15) is 0 Å². The highest BCUT2D eigenvalue weighted by Crippen LogP contribution is 2.28. The third kappa shape index (κ3) is 2.06. The molecule has 0 radical (unpaired) electrons. The Bertz CT molecular complexity index is 140. The van der Waals surface area contributed by atoms with Gasteiger partial charge in [-0.2, -0.15) is 0 Å². The maximum Gasteiger partial charge on any atom is 0.0859 e. The molecule has 0 N–H and O–H groups in total.